The van der Waals surface area contributed by atoms with Gasteiger partial charge in [0.1, 0.15) is 16.8 Å². The molecule has 0 aliphatic heterocycles. The third-order valence-corrected chi connectivity index (χ3v) is 2.35. The Hall–Kier alpha value is -0.830. The van der Waals surface area contributed by atoms with Crippen LogP contribution in [0.4, 0.5) is 5.82 Å². The Balaban J connectivity index is 2.87. The monoisotopic (exact) mass is 227 g/mol. The predicted octanol–water partition coefficient (Wildman–Crippen LogP) is 2.93. The molecule has 0 N–H and O–H groups in total. The molecule has 0 saturated carbocycles. The molecule has 0 aromatic carbocycles. The first-order valence-electron chi connectivity index (χ1n) is 5.42. The van der Waals surface area contributed by atoms with E-state index in [2.05, 4.69) is 28.7 Å². The van der Waals surface area contributed by atoms with E-state index in [1.807, 2.05) is 13.1 Å². The second kappa shape index (κ2) is 5.91. The van der Waals surface area contributed by atoms with Gasteiger partial charge in [0.05, 0.1) is 0 Å². The van der Waals surface area contributed by atoms with Gasteiger partial charge >= 0.3 is 0 Å². The fraction of sp³-hybridized carbons (Fsp3) is 0.636. The van der Waals surface area contributed by atoms with Gasteiger partial charge in [-0.05, 0) is 12.8 Å². The molecule has 4 heteroatoms. The molecule has 0 saturated heterocycles. The Morgan fingerprint density at radius 3 is 2.60 bits per heavy atom. The summed E-state index contributed by atoms with van der Waals surface area (Å²) in [5.41, 5.74) is 0. The van der Waals surface area contributed by atoms with Crippen LogP contribution in [-0.4, -0.2) is 23.6 Å². The lowest BCUT2D eigenvalue weighted by molar-refractivity contribution is 0.797. The molecule has 0 aliphatic carbocycles. The zero-order valence-electron chi connectivity index (χ0n) is 9.63. The van der Waals surface area contributed by atoms with Crippen LogP contribution in [-0.2, 0) is 6.42 Å². The van der Waals surface area contributed by atoms with Gasteiger partial charge < -0.3 is 4.90 Å². The van der Waals surface area contributed by atoms with Gasteiger partial charge in [0.2, 0.25) is 0 Å². The van der Waals surface area contributed by atoms with E-state index in [1.54, 1.807) is 0 Å². The topological polar surface area (TPSA) is 29.0 Å². The minimum absolute atomic E-state index is 0.534. The highest BCUT2D eigenvalue weighted by Gasteiger charge is 2.06. The number of nitrogens with zero attached hydrogens (tertiary/aromatic N) is 3. The summed E-state index contributed by atoms with van der Waals surface area (Å²) < 4.78 is 0. The van der Waals surface area contributed by atoms with Crippen LogP contribution in [0.2, 0.25) is 5.15 Å². The Bertz CT molecular complexity index is 315. The lowest BCUT2D eigenvalue weighted by Gasteiger charge is -2.17. The first-order valence-corrected chi connectivity index (χ1v) is 5.79. The van der Waals surface area contributed by atoms with E-state index in [1.165, 1.54) is 0 Å². The molecule has 1 aromatic rings. The van der Waals surface area contributed by atoms with Crippen molar-refractivity contribution >= 4 is 17.4 Å². The van der Waals surface area contributed by atoms with Gasteiger partial charge in [-0.25, -0.2) is 9.97 Å². The maximum atomic E-state index is 5.95. The molecule has 0 bridgehead atoms. The molecule has 1 heterocycles. The Kier molecular flexibility index (Phi) is 4.82. The second-order valence-electron chi connectivity index (χ2n) is 3.64. The van der Waals surface area contributed by atoms with Crippen molar-refractivity contribution in [2.75, 3.05) is 18.5 Å². The van der Waals surface area contributed by atoms with Crippen LogP contribution in [0.3, 0.4) is 0 Å². The number of hydrogen-bond donors (Lipinski definition) is 0. The van der Waals surface area contributed by atoms with Crippen LogP contribution in [0.25, 0.3) is 0 Å². The van der Waals surface area contributed by atoms with Crippen LogP contribution in [0.5, 0.6) is 0 Å². The lowest BCUT2D eigenvalue weighted by Crippen LogP contribution is -2.19. The van der Waals surface area contributed by atoms with Gasteiger partial charge in [0.25, 0.3) is 0 Å². The molecule has 84 valence electrons. The van der Waals surface area contributed by atoms with Gasteiger partial charge in [-0.2, -0.15) is 0 Å². The molecule has 1 aromatic heterocycles. The molecule has 0 aliphatic rings. The fourth-order valence-corrected chi connectivity index (χ4v) is 1.63. The fourth-order valence-electron chi connectivity index (χ4n) is 1.43. The third-order valence-electron chi connectivity index (χ3n) is 2.15. The van der Waals surface area contributed by atoms with Gasteiger partial charge in [-0.15, -0.1) is 0 Å². The first kappa shape index (κ1) is 12.2. The van der Waals surface area contributed by atoms with Crippen LogP contribution in [0.15, 0.2) is 6.07 Å². The van der Waals surface area contributed by atoms with Crippen molar-refractivity contribution in [3.63, 3.8) is 0 Å². The third kappa shape index (κ3) is 3.67. The van der Waals surface area contributed by atoms with E-state index in [9.17, 15) is 0 Å². The molecule has 0 amide bonds. The largest absolute Gasteiger partial charge is 0.360 e. The van der Waals surface area contributed by atoms with Crippen molar-refractivity contribution < 1.29 is 0 Å². The van der Waals surface area contributed by atoms with E-state index in [-0.39, 0.29) is 0 Å². The number of hydrogen-bond acceptors (Lipinski definition) is 3. The summed E-state index contributed by atoms with van der Waals surface area (Å²) in [6, 6.07) is 1.82. The maximum absolute atomic E-state index is 5.95. The Morgan fingerprint density at radius 2 is 2.00 bits per heavy atom. The van der Waals surface area contributed by atoms with Gasteiger partial charge in [-0.1, -0.05) is 25.4 Å². The zero-order chi connectivity index (χ0) is 11.3. The van der Waals surface area contributed by atoms with Crippen molar-refractivity contribution in [1.82, 2.24) is 9.97 Å². The van der Waals surface area contributed by atoms with Crippen molar-refractivity contribution in [1.29, 1.82) is 0 Å². The van der Waals surface area contributed by atoms with Crippen molar-refractivity contribution in [3.8, 4) is 0 Å². The molecular formula is C11H18ClN3. The molecule has 1 rings (SSSR count). The van der Waals surface area contributed by atoms with E-state index in [0.717, 1.165) is 37.4 Å². The first-order chi connectivity index (χ1) is 7.17. The Labute approximate surface area is 96.5 Å². The van der Waals surface area contributed by atoms with Gasteiger partial charge in [0.15, 0.2) is 0 Å². The molecule has 15 heavy (non-hydrogen) atoms. The highest BCUT2D eigenvalue weighted by molar-refractivity contribution is 6.29. The molecular weight excluding hydrogens is 210 g/mol. The Morgan fingerprint density at radius 1 is 1.27 bits per heavy atom. The van der Waals surface area contributed by atoms with Crippen LogP contribution in [0.1, 0.15) is 32.5 Å². The maximum Gasteiger partial charge on any atom is 0.134 e. The minimum Gasteiger partial charge on any atom is -0.360 e. The molecule has 0 fully saturated rings. The van der Waals surface area contributed by atoms with E-state index < -0.39 is 0 Å². The van der Waals surface area contributed by atoms with Gasteiger partial charge in [0, 0.05) is 26.1 Å². The standard InChI is InChI=1S/C11H18ClN3/c1-4-6-10-13-9(12)8-11(14-10)15(3)7-5-2/h8H,4-7H2,1-3H3. The normalized spacial score (nSPS) is 10.4. The molecule has 0 spiro atoms. The lowest BCUT2D eigenvalue weighted by atomic mass is 10.3. The average Bonchev–Trinajstić information content (AvgIpc) is 2.17. The summed E-state index contributed by atoms with van der Waals surface area (Å²) in [7, 11) is 2.03. The van der Waals surface area contributed by atoms with E-state index >= 15 is 0 Å². The quantitative estimate of drug-likeness (QED) is 0.725. The molecule has 0 radical (unpaired) electrons. The predicted molar refractivity (Wildman–Crippen MR) is 64.6 cm³/mol. The second-order valence-corrected chi connectivity index (χ2v) is 4.02. The smallest absolute Gasteiger partial charge is 0.134 e. The van der Waals surface area contributed by atoms with Crippen molar-refractivity contribution in [3.05, 3.63) is 17.0 Å². The van der Waals surface area contributed by atoms with Crippen LogP contribution >= 0.6 is 11.6 Å². The summed E-state index contributed by atoms with van der Waals surface area (Å²) in [5.74, 6) is 1.75. The number of anilines is 1. The highest BCUT2D eigenvalue weighted by atomic mass is 35.5. The van der Waals surface area contributed by atoms with Crippen LogP contribution < -0.4 is 4.90 Å². The minimum atomic E-state index is 0.534. The van der Waals surface area contributed by atoms with Crippen molar-refractivity contribution in [2.45, 2.75) is 33.1 Å². The SMILES string of the molecule is CCCc1nc(Cl)cc(N(C)CCC)n1. The van der Waals surface area contributed by atoms with E-state index in [0.29, 0.717) is 5.15 Å². The van der Waals surface area contributed by atoms with Crippen molar-refractivity contribution in [2.24, 2.45) is 0 Å². The van der Waals surface area contributed by atoms with Crippen LogP contribution in [0, 0.1) is 0 Å². The van der Waals surface area contributed by atoms with E-state index in [4.69, 9.17) is 11.6 Å². The summed E-state index contributed by atoms with van der Waals surface area (Å²) in [6.07, 6.45) is 3.02. The number of aryl methyl sites for hydroxylation is 1. The number of halogens is 1. The average molecular weight is 228 g/mol. The van der Waals surface area contributed by atoms with Gasteiger partial charge in [-0.3, -0.25) is 0 Å². The molecule has 0 unspecified atom stereocenters. The number of aromatic nitrogens is 2. The molecule has 0 atom stereocenters. The summed E-state index contributed by atoms with van der Waals surface area (Å²) in [6.45, 7) is 5.24. The number of rotatable bonds is 5. The molecule has 3 nitrogen and oxygen atoms in total. The summed E-state index contributed by atoms with van der Waals surface area (Å²) in [5, 5.41) is 0.534. The highest BCUT2D eigenvalue weighted by Crippen LogP contribution is 2.15. The summed E-state index contributed by atoms with van der Waals surface area (Å²) >= 11 is 5.95. The zero-order valence-corrected chi connectivity index (χ0v) is 10.4. The summed E-state index contributed by atoms with van der Waals surface area (Å²) in [4.78, 5) is 10.8.